The third-order valence-corrected chi connectivity index (χ3v) is 4.99. The third kappa shape index (κ3) is 3.24. The second-order valence-corrected chi connectivity index (χ2v) is 6.64. The highest BCUT2D eigenvalue weighted by Gasteiger charge is 2.25. The van der Waals surface area contributed by atoms with Crippen LogP contribution >= 0.6 is 0 Å². The molecule has 7 heteroatoms. The number of nitrogens with zero attached hydrogens (tertiary/aromatic N) is 5. The minimum Gasteiger partial charge on any atom is -0.373 e. The van der Waals surface area contributed by atoms with Gasteiger partial charge in [0.05, 0.1) is 5.52 Å². The lowest BCUT2D eigenvalue weighted by atomic mass is 9.91. The number of rotatable bonds is 4. The number of aromatic nitrogens is 4. The van der Waals surface area contributed by atoms with Crippen LogP contribution in [-0.4, -0.2) is 50.9 Å². The molecule has 1 N–H and O–H groups in total. The van der Waals surface area contributed by atoms with Gasteiger partial charge in [-0.05, 0) is 42.7 Å². The third-order valence-electron chi connectivity index (χ3n) is 4.99. The van der Waals surface area contributed by atoms with Gasteiger partial charge < -0.3 is 10.2 Å². The van der Waals surface area contributed by atoms with Crippen LogP contribution in [0, 0.1) is 0 Å². The van der Waals surface area contributed by atoms with E-state index in [1.807, 2.05) is 48.5 Å². The van der Waals surface area contributed by atoms with Crippen molar-refractivity contribution in [1.29, 1.82) is 0 Å². The molecule has 3 heterocycles. The highest BCUT2D eigenvalue weighted by Crippen LogP contribution is 2.28. The van der Waals surface area contributed by atoms with Crippen LogP contribution in [0.25, 0.3) is 11.0 Å². The highest BCUT2D eigenvalue weighted by atomic mass is 16.2. The molecule has 2 aromatic heterocycles. The molecule has 26 heavy (non-hydrogen) atoms. The summed E-state index contributed by atoms with van der Waals surface area (Å²) >= 11 is 0. The number of fused-ring (bicyclic) bond motifs is 1. The zero-order chi connectivity index (χ0) is 17.9. The maximum Gasteiger partial charge on any atom is 0.244 e. The first-order valence-corrected chi connectivity index (χ1v) is 8.94. The molecular formula is C19H22N6O. The number of anilines is 1. The van der Waals surface area contributed by atoms with Gasteiger partial charge in [0, 0.05) is 32.3 Å². The van der Waals surface area contributed by atoms with Crippen molar-refractivity contribution in [2.75, 3.05) is 25.5 Å². The van der Waals surface area contributed by atoms with E-state index in [9.17, 15) is 4.79 Å². The molecular weight excluding hydrogens is 328 g/mol. The van der Waals surface area contributed by atoms with Crippen molar-refractivity contribution < 1.29 is 4.79 Å². The van der Waals surface area contributed by atoms with E-state index in [4.69, 9.17) is 0 Å². The zero-order valence-corrected chi connectivity index (χ0v) is 14.8. The van der Waals surface area contributed by atoms with Crippen molar-refractivity contribution in [3.8, 4) is 0 Å². The molecule has 0 spiro atoms. The monoisotopic (exact) mass is 350 g/mol. The Bertz CT molecular complexity index is 921. The molecule has 1 aromatic carbocycles. The van der Waals surface area contributed by atoms with Gasteiger partial charge in [-0.3, -0.25) is 4.79 Å². The molecule has 0 radical (unpaired) electrons. The van der Waals surface area contributed by atoms with Gasteiger partial charge in [0.1, 0.15) is 17.9 Å². The minimum absolute atomic E-state index is 0.0910. The second-order valence-electron chi connectivity index (χ2n) is 6.64. The summed E-state index contributed by atoms with van der Waals surface area (Å²) < 4.78 is 1.69. The molecule has 3 aromatic rings. The molecule has 0 aliphatic carbocycles. The summed E-state index contributed by atoms with van der Waals surface area (Å²) in [7, 11) is 1.87. The Morgan fingerprint density at radius 3 is 3.08 bits per heavy atom. The standard InChI is InChI=1S/C19H22N6O/c1-20-18-11-14(8-9-21-18)15-5-4-10-24(12-15)19(26)13-25-17-7-3-2-6-16(17)22-23-25/h2-3,6-9,11,15H,4-5,10,12-13H2,1H3,(H,20,21)/t15-/m1/s1. The van der Waals surface area contributed by atoms with E-state index in [0.29, 0.717) is 5.92 Å². The molecule has 1 amide bonds. The van der Waals surface area contributed by atoms with Crippen molar-refractivity contribution in [3.63, 3.8) is 0 Å². The molecule has 4 rings (SSSR count). The molecule has 1 aliphatic rings. The molecule has 7 nitrogen and oxygen atoms in total. The van der Waals surface area contributed by atoms with Crippen LogP contribution in [0.15, 0.2) is 42.6 Å². The molecule has 0 unspecified atom stereocenters. The van der Waals surface area contributed by atoms with Gasteiger partial charge in [-0.25, -0.2) is 9.67 Å². The summed E-state index contributed by atoms with van der Waals surface area (Å²) in [5.41, 5.74) is 2.93. The topological polar surface area (TPSA) is 75.9 Å². The molecule has 1 saturated heterocycles. The SMILES string of the molecule is CNc1cc([C@@H]2CCCN(C(=O)Cn3nnc4ccccc43)C2)ccn1. The number of para-hydroxylation sites is 1. The van der Waals surface area contributed by atoms with Gasteiger partial charge in [-0.15, -0.1) is 5.10 Å². The first-order chi connectivity index (χ1) is 12.7. The van der Waals surface area contributed by atoms with E-state index in [-0.39, 0.29) is 12.5 Å². The van der Waals surface area contributed by atoms with E-state index >= 15 is 0 Å². The first kappa shape index (κ1) is 16.5. The molecule has 1 fully saturated rings. The Hall–Kier alpha value is -2.96. The summed E-state index contributed by atoms with van der Waals surface area (Å²) in [5.74, 6) is 1.29. The zero-order valence-electron chi connectivity index (χ0n) is 14.8. The first-order valence-electron chi connectivity index (χ1n) is 8.94. The van der Waals surface area contributed by atoms with Crippen LogP contribution in [0.3, 0.4) is 0 Å². The van der Waals surface area contributed by atoms with Crippen molar-refractivity contribution >= 4 is 22.8 Å². The van der Waals surface area contributed by atoms with E-state index in [1.54, 1.807) is 4.68 Å². The van der Waals surface area contributed by atoms with Crippen molar-refractivity contribution in [3.05, 3.63) is 48.2 Å². The van der Waals surface area contributed by atoms with Gasteiger partial charge >= 0.3 is 0 Å². The lowest BCUT2D eigenvalue weighted by molar-refractivity contribution is -0.133. The van der Waals surface area contributed by atoms with Crippen molar-refractivity contribution in [2.24, 2.45) is 0 Å². The van der Waals surface area contributed by atoms with Gasteiger partial charge in [0.25, 0.3) is 0 Å². The Morgan fingerprint density at radius 2 is 2.19 bits per heavy atom. The normalized spacial score (nSPS) is 17.4. The second kappa shape index (κ2) is 7.11. The number of benzene rings is 1. The van der Waals surface area contributed by atoms with E-state index < -0.39 is 0 Å². The molecule has 1 atom stereocenters. The quantitative estimate of drug-likeness (QED) is 0.781. The van der Waals surface area contributed by atoms with Gasteiger partial charge in [-0.1, -0.05) is 17.3 Å². The number of piperidine rings is 1. The summed E-state index contributed by atoms with van der Waals surface area (Å²) in [6.07, 6.45) is 3.92. The number of hydrogen-bond donors (Lipinski definition) is 1. The molecule has 134 valence electrons. The van der Waals surface area contributed by atoms with Crippen LogP contribution in [0.4, 0.5) is 5.82 Å². The summed E-state index contributed by atoms with van der Waals surface area (Å²) in [4.78, 5) is 19.0. The summed E-state index contributed by atoms with van der Waals surface area (Å²) in [6, 6.07) is 11.8. The Labute approximate surface area is 152 Å². The van der Waals surface area contributed by atoms with Crippen molar-refractivity contribution in [2.45, 2.75) is 25.3 Å². The maximum atomic E-state index is 12.8. The number of amides is 1. The fourth-order valence-corrected chi connectivity index (χ4v) is 3.58. The summed E-state index contributed by atoms with van der Waals surface area (Å²) in [6.45, 7) is 1.76. The fourth-order valence-electron chi connectivity index (χ4n) is 3.58. The number of carbonyl (C=O) groups is 1. The Morgan fingerprint density at radius 1 is 1.31 bits per heavy atom. The van der Waals surface area contributed by atoms with Crippen LogP contribution in [0.2, 0.25) is 0 Å². The minimum atomic E-state index is 0.0910. The van der Waals surface area contributed by atoms with E-state index in [0.717, 1.165) is 42.8 Å². The van der Waals surface area contributed by atoms with Crippen LogP contribution in [-0.2, 0) is 11.3 Å². The van der Waals surface area contributed by atoms with E-state index in [1.165, 1.54) is 5.56 Å². The highest BCUT2D eigenvalue weighted by molar-refractivity contribution is 5.80. The summed E-state index contributed by atoms with van der Waals surface area (Å²) in [5, 5.41) is 11.3. The van der Waals surface area contributed by atoms with E-state index in [2.05, 4.69) is 26.7 Å². The number of likely N-dealkylation sites (tertiary alicyclic amines) is 1. The molecule has 0 saturated carbocycles. The fraction of sp³-hybridized carbons (Fsp3) is 0.368. The van der Waals surface area contributed by atoms with Gasteiger partial charge in [0.15, 0.2) is 0 Å². The number of pyridine rings is 1. The smallest absolute Gasteiger partial charge is 0.244 e. The van der Waals surface area contributed by atoms with Gasteiger partial charge in [-0.2, -0.15) is 0 Å². The lowest BCUT2D eigenvalue weighted by Gasteiger charge is -2.33. The molecule has 1 aliphatic heterocycles. The lowest BCUT2D eigenvalue weighted by Crippen LogP contribution is -2.41. The average Bonchev–Trinajstić information content (AvgIpc) is 3.11. The predicted molar refractivity (Wildman–Crippen MR) is 99.9 cm³/mol. The predicted octanol–water partition coefficient (Wildman–Crippen LogP) is 2.27. The van der Waals surface area contributed by atoms with Crippen LogP contribution in [0.1, 0.15) is 24.3 Å². The number of carbonyl (C=O) groups excluding carboxylic acids is 1. The van der Waals surface area contributed by atoms with Crippen molar-refractivity contribution in [1.82, 2.24) is 24.9 Å². The molecule has 0 bridgehead atoms. The number of hydrogen-bond acceptors (Lipinski definition) is 5. The average molecular weight is 350 g/mol. The van der Waals surface area contributed by atoms with Crippen LogP contribution < -0.4 is 5.32 Å². The van der Waals surface area contributed by atoms with Gasteiger partial charge in [0.2, 0.25) is 5.91 Å². The maximum absolute atomic E-state index is 12.8. The largest absolute Gasteiger partial charge is 0.373 e. The Balaban J connectivity index is 1.47. The number of nitrogens with one attached hydrogen (secondary N) is 1. The Kier molecular flexibility index (Phi) is 4.51. The van der Waals surface area contributed by atoms with Crippen LogP contribution in [0.5, 0.6) is 0 Å².